The molecule has 3 rings (SSSR count). The van der Waals surface area contributed by atoms with Gasteiger partial charge in [0.1, 0.15) is 6.04 Å². The van der Waals surface area contributed by atoms with Crippen molar-refractivity contribution in [1.82, 2.24) is 4.90 Å². The Morgan fingerprint density at radius 1 is 1.04 bits per heavy atom. The molecule has 1 aliphatic rings. The number of piperazine rings is 1. The van der Waals surface area contributed by atoms with Crippen LogP contribution in [-0.2, 0) is 4.79 Å². The first kappa shape index (κ1) is 16.2. The maximum atomic E-state index is 12.8. The number of anilines is 1. The monoisotopic (exact) mass is 322 g/mol. The van der Waals surface area contributed by atoms with Crippen LogP contribution < -0.4 is 4.90 Å². The molecule has 0 aliphatic carbocycles. The number of aryl methyl sites for hydroxylation is 2. The Morgan fingerprint density at radius 3 is 2.50 bits per heavy atom. The van der Waals surface area contributed by atoms with Crippen LogP contribution >= 0.6 is 0 Å². The van der Waals surface area contributed by atoms with Gasteiger partial charge in [-0.2, -0.15) is 0 Å². The number of benzene rings is 2. The minimum absolute atomic E-state index is 0.0310. The molecule has 1 saturated heterocycles. The Balaban J connectivity index is 1.83. The third kappa shape index (κ3) is 2.92. The van der Waals surface area contributed by atoms with Gasteiger partial charge in [0.2, 0.25) is 5.91 Å². The lowest BCUT2D eigenvalue weighted by molar-refractivity contribution is -0.124. The fraction of sp³-hybridized carbons (Fsp3) is 0.300. The van der Waals surface area contributed by atoms with Crippen LogP contribution in [0.15, 0.2) is 48.5 Å². The first-order chi connectivity index (χ1) is 11.5. The Bertz CT molecular complexity index is 785. The maximum absolute atomic E-state index is 12.8. The molecule has 0 aromatic heterocycles. The van der Waals surface area contributed by atoms with Crippen LogP contribution in [-0.4, -0.2) is 35.8 Å². The highest BCUT2D eigenvalue weighted by molar-refractivity contribution is 6.03. The Morgan fingerprint density at radius 2 is 1.79 bits per heavy atom. The molecule has 124 valence electrons. The van der Waals surface area contributed by atoms with Gasteiger partial charge in [0.05, 0.1) is 0 Å². The van der Waals surface area contributed by atoms with Crippen LogP contribution in [0.1, 0.15) is 28.4 Å². The van der Waals surface area contributed by atoms with Gasteiger partial charge < -0.3 is 9.80 Å². The summed E-state index contributed by atoms with van der Waals surface area (Å²) in [5, 5.41) is 0. The average molecular weight is 322 g/mol. The number of hydrogen-bond acceptors (Lipinski definition) is 2. The lowest BCUT2D eigenvalue weighted by Crippen LogP contribution is -2.57. The van der Waals surface area contributed by atoms with Gasteiger partial charge in [-0.15, -0.1) is 0 Å². The molecule has 2 amide bonds. The first-order valence-corrected chi connectivity index (χ1v) is 8.23. The Kier molecular flexibility index (Phi) is 4.38. The molecule has 4 heteroatoms. The highest BCUT2D eigenvalue weighted by Gasteiger charge is 2.35. The Labute approximate surface area is 142 Å². The van der Waals surface area contributed by atoms with Crippen LogP contribution in [0.2, 0.25) is 0 Å². The van der Waals surface area contributed by atoms with Gasteiger partial charge in [0, 0.05) is 24.3 Å². The molecular weight excluding hydrogens is 300 g/mol. The van der Waals surface area contributed by atoms with Crippen molar-refractivity contribution >= 4 is 17.5 Å². The minimum atomic E-state index is -0.466. The summed E-state index contributed by atoms with van der Waals surface area (Å²) in [5.74, 6) is -0.111. The number of carbonyl (C=O) groups is 2. The van der Waals surface area contributed by atoms with Gasteiger partial charge in [-0.3, -0.25) is 9.59 Å². The van der Waals surface area contributed by atoms with E-state index in [1.54, 1.807) is 22.8 Å². The van der Waals surface area contributed by atoms with Crippen molar-refractivity contribution in [3.63, 3.8) is 0 Å². The van der Waals surface area contributed by atoms with Crippen LogP contribution in [0, 0.1) is 13.8 Å². The Hall–Kier alpha value is -2.62. The van der Waals surface area contributed by atoms with E-state index in [0.29, 0.717) is 18.7 Å². The highest BCUT2D eigenvalue weighted by atomic mass is 16.2. The second-order valence-electron chi connectivity index (χ2n) is 6.32. The summed E-state index contributed by atoms with van der Waals surface area (Å²) in [6.45, 7) is 6.82. The number of nitrogens with zero attached hydrogens (tertiary/aromatic N) is 2. The molecule has 2 aromatic rings. The smallest absolute Gasteiger partial charge is 0.254 e. The molecule has 4 nitrogen and oxygen atoms in total. The lowest BCUT2D eigenvalue weighted by Gasteiger charge is -2.39. The van der Waals surface area contributed by atoms with E-state index in [9.17, 15) is 9.59 Å². The summed E-state index contributed by atoms with van der Waals surface area (Å²) in [5.41, 5.74) is 3.67. The molecule has 1 fully saturated rings. The van der Waals surface area contributed by atoms with Crippen molar-refractivity contribution in [1.29, 1.82) is 0 Å². The largest absolute Gasteiger partial charge is 0.325 e. The van der Waals surface area contributed by atoms with Crippen molar-refractivity contribution in [2.24, 2.45) is 0 Å². The normalized spacial score (nSPS) is 18.0. The summed E-state index contributed by atoms with van der Waals surface area (Å²) < 4.78 is 0. The number of para-hydroxylation sites is 1. The van der Waals surface area contributed by atoms with Gasteiger partial charge in [0.15, 0.2) is 0 Å². The molecule has 2 aromatic carbocycles. The van der Waals surface area contributed by atoms with Crippen molar-refractivity contribution in [2.75, 3.05) is 18.0 Å². The predicted molar refractivity (Wildman–Crippen MR) is 95.2 cm³/mol. The highest BCUT2D eigenvalue weighted by Crippen LogP contribution is 2.24. The van der Waals surface area contributed by atoms with Crippen LogP contribution in [0.3, 0.4) is 0 Å². The zero-order valence-electron chi connectivity index (χ0n) is 14.3. The van der Waals surface area contributed by atoms with Crippen molar-refractivity contribution in [3.8, 4) is 0 Å². The summed E-state index contributed by atoms with van der Waals surface area (Å²) in [4.78, 5) is 29.1. The van der Waals surface area contributed by atoms with Crippen molar-refractivity contribution < 1.29 is 9.59 Å². The third-order valence-electron chi connectivity index (χ3n) is 4.59. The van der Waals surface area contributed by atoms with Crippen LogP contribution in [0.25, 0.3) is 0 Å². The van der Waals surface area contributed by atoms with E-state index in [4.69, 9.17) is 0 Å². The van der Waals surface area contributed by atoms with Gasteiger partial charge in [-0.1, -0.05) is 35.9 Å². The maximum Gasteiger partial charge on any atom is 0.254 e. The predicted octanol–water partition coefficient (Wildman–Crippen LogP) is 3.18. The molecule has 1 heterocycles. The number of carbonyl (C=O) groups excluding carboxylic acids is 2. The van der Waals surface area contributed by atoms with Crippen LogP contribution in [0.5, 0.6) is 0 Å². The van der Waals surface area contributed by atoms with E-state index < -0.39 is 6.04 Å². The van der Waals surface area contributed by atoms with E-state index in [1.807, 2.05) is 56.3 Å². The molecule has 0 saturated carbocycles. The third-order valence-corrected chi connectivity index (χ3v) is 4.59. The second kappa shape index (κ2) is 6.48. The first-order valence-electron chi connectivity index (χ1n) is 8.23. The molecule has 0 radical (unpaired) electrons. The summed E-state index contributed by atoms with van der Waals surface area (Å²) in [6.07, 6.45) is 0. The molecule has 0 N–H and O–H groups in total. The number of amides is 2. The molecule has 0 spiro atoms. The van der Waals surface area contributed by atoms with E-state index >= 15 is 0 Å². The van der Waals surface area contributed by atoms with Gasteiger partial charge >= 0.3 is 0 Å². The quantitative estimate of drug-likeness (QED) is 0.852. The lowest BCUT2D eigenvalue weighted by atomic mass is 10.1. The zero-order chi connectivity index (χ0) is 17.3. The SMILES string of the molecule is Cc1cccc(C(=O)N2CCN(c3ccccc3C)C(=O)[C@H]2C)c1. The van der Waals surface area contributed by atoms with E-state index in [1.165, 1.54) is 0 Å². The zero-order valence-corrected chi connectivity index (χ0v) is 14.3. The number of rotatable bonds is 2. The summed E-state index contributed by atoms with van der Waals surface area (Å²) >= 11 is 0. The number of hydrogen-bond donors (Lipinski definition) is 0. The molecule has 1 atom stereocenters. The topological polar surface area (TPSA) is 40.6 Å². The molecule has 0 unspecified atom stereocenters. The summed E-state index contributed by atoms with van der Waals surface area (Å²) in [7, 11) is 0. The average Bonchev–Trinajstić information content (AvgIpc) is 2.57. The van der Waals surface area contributed by atoms with Gasteiger partial charge in [-0.05, 0) is 44.5 Å². The van der Waals surface area contributed by atoms with Gasteiger partial charge in [0.25, 0.3) is 5.91 Å². The minimum Gasteiger partial charge on any atom is -0.325 e. The molecule has 0 bridgehead atoms. The van der Waals surface area contributed by atoms with Crippen LogP contribution in [0.4, 0.5) is 5.69 Å². The molecular formula is C20H22N2O2. The van der Waals surface area contributed by atoms with E-state index in [2.05, 4.69) is 0 Å². The van der Waals surface area contributed by atoms with E-state index in [-0.39, 0.29) is 11.8 Å². The fourth-order valence-corrected chi connectivity index (χ4v) is 3.20. The molecule has 24 heavy (non-hydrogen) atoms. The van der Waals surface area contributed by atoms with Crippen molar-refractivity contribution in [3.05, 3.63) is 65.2 Å². The fourth-order valence-electron chi connectivity index (χ4n) is 3.20. The van der Waals surface area contributed by atoms with Gasteiger partial charge in [-0.25, -0.2) is 0 Å². The summed E-state index contributed by atoms with van der Waals surface area (Å²) in [6, 6.07) is 14.9. The standard InChI is InChI=1S/C20H22N2O2/c1-14-7-6-9-17(13-14)20(24)21-11-12-22(19(23)16(21)3)18-10-5-4-8-15(18)2/h4-10,13,16H,11-12H2,1-3H3/t16-/m1/s1. The molecule has 1 aliphatic heterocycles. The van der Waals surface area contributed by atoms with Crippen molar-refractivity contribution in [2.45, 2.75) is 26.8 Å². The van der Waals surface area contributed by atoms with E-state index in [0.717, 1.165) is 16.8 Å². The second-order valence-corrected chi connectivity index (χ2v) is 6.32.